The Morgan fingerprint density at radius 1 is 0.871 bits per heavy atom. The lowest BCUT2D eigenvalue weighted by Gasteiger charge is -2.24. The summed E-state index contributed by atoms with van der Waals surface area (Å²) < 4.78 is 24.0. The average Bonchev–Trinajstić information content (AvgIpc) is 2.77. The Morgan fingerprint density at radius 2 is 1.58 bits per heavy atom. The lowest BCUT2D eigenvalue weighted by atomic mass is 9.91. The second-order valence-corrected chi connectivity index (χ2v) is 10.7. The van der Waals surface area contributed by atoms with Gasteiger partial charge in [0.2, 0.25) is 0 Å². The standard InChI is InChI=1S/C26H22N2O2S/c1-26(2,31(3,29)30)22-15-20-11-7-13-28-25(20)24(16-22)19-10-6-9-18(14-19)23-12-5-4-8-21(23)17-27/h4-16H,1-3H3. The molecule has 0 saturated heterocycles. The van der Waals surface area contributed by atoms with Crippen LogP contribution in [0.1, 0.15) is 25.0 Å². The molecule has 1 aromatic heterocycles. The van der Waals surface area contributed by atoms with Crippen molar-refractivity contribution in [2.75, 3.05) is 6.26 Å². The number of hydrogen-bond acceptors (Lipinski definition) is 4. The molecular formula is C26H22N2O2S. The predicted octanol–water partition coefficient (Wildman–Crippen LogP) is 5.72. The average molecular weight is 427 g/mol. The Balaban J connectivity index is 1.98. The van der Waals surface area contributed by atoms with Crippen LogP contribution in [-0.2, 0) is 14.6 Å². The van der Waals surface area contributed by atoms with Crippen LogP contribution in [0.5, 0.6) is 0 Å². The van der Waals surface area contributed by atoms with Crippen LogP contribution in [0.4, 0.5) is 0 Å². The molecule has 5 heteroatoms. The third-order valence-electron chi connectivity index (χ3n) is 5.86. The van der Waals surface area contributed by atoms with E-state index in [1.807, 2.05) is 66.7 Å². The molecule has 0 amide bonds. The van der Waals surface area contributed by atoms with Crippen LogP contribution in [-0.4, -0.2) is 19.7 Å². The van der Waals surface area contributed by atoms with Crippen LogP contribution >= 0.6 is 0 Å². The second-order valence-electron chi connectivity index (χ2n) is 8.12. The first-order chi connectivity index (χ1) is 14.7. The van der Waals surface area contributed by atoms with Gasteiger partial charge in [-0.25, -0.2) is 8.42 Å². The van der Waals surface area contributed by atoms with Gasteiger partial charge in [-0.2, -0.15) is 5.26 Å². The van der Waals surface area contributed by atoms with Gasteiger partial charge in [0.05, 0.1) is 21.9 Å². The zero-order chi connectivity index (χ0) is 22.2. The van der Waals surface area contributed by atoms with Crippen LogP contribution in [0, 0.1) is 11.3 Å². The van der Waals surface area contributed by atoms with Crippen molar-refractivity contribution in [3.05, 3.63) is 90.1 Å². The van der Waals surface area contributed by atoms with Crippen molar-refractivity contribution in [2.45, 2.75) is 18.6 Å². The Hall–Kier alpha value is -3.49. The van der Waals surface area contributed by atoms with Gasteiger partial charge in [-0.05, 0) is 66.4 Å². The zero-order valence-corrected chi connectivity index (χ0v) is 18.4. The van der Waals surface area contributed by atoms with Gasteiger partial charge in [-0.1, -0.05) is 42.5 Å². The van der Waals surface area contributed by atoms with Gasteiger partial charge in [0.15, 0.2) is 9.84 Å². The molecule has 0 spiro atoms. The maximum absolute atomic E-state index is 12.5. The van der Waals surface area contributed by atoms with Crippen LogP contribution in [0.3, 0.4) is 0 Å². The van der Waals surface area contributed by atoms with Crippen molar-refractivity contribution in [1.82, 2.24) is 4.98 Å². The van der Waals surface area contributed by atoms with E-state index in [9.17, 15) is 13.7 Å². The number of nitriles is 1. The molecule has 31 heavy (non-hydrogen) atoms. The number of nitrogens with zero attached hydrogens (tertiary/aromatic N) is 2. The van der Waals surface area contributed by atoms with Crippen LogP contribution in [0.15, 0.2) is 79.0 Å². The minimum absolute atomic E-state index is 0.606. The normalized spacial score (nSPS) is 11.9. The summed E-state index contributed by atoms with van der Waals surface area (Å²) in [6.45, 7) is 3.45. The minimum atomic E-state index is -3.34. The third-order valence-corrected chi connectivity index (χ3v) is 7.95. The number of pyridine rings is 1. The van der Waals surface area contributed by atoms with Gasteiger partial charge < -0.3 is 0 Å². The highest BCUT2D eigenvalue weighted by atomic mass is 32.2. The molecule has 1 heterocycles. The fourth-order valence-electron chi connectivity index (χ4n) is 3.66. The molecule has 0 atom stereocenters. The predicted molar refractivity (Wildman–Crippen MR) is 125 cm³/mol. The molecule has 0 bridgehead atoms. The molecule has 0 saturated carbocycles. The highest BCUT2D eigenvalue weighted by Gasteiger charge is 2.33. The number of fused-ring (bicyclic) bond motifs is 1. The third kappa shape index (κ3) is 3.71. The van der Waals surface area contributed by atoms with Gasteiger partial charge in [-0.3, -0.25) is 4.98 Å². The van der Waals surface area contributed by atoms with Crippen molar-refractivity contribution < 1.29 is 8.42 Å². The molecule has 0 aliphatic rings. The smallest absolute Gasteiger partial charge is 0.156 e. The van der Waals surface area contributed by atoms with Crippen molar-refractivity contribution in [2.24, 2.45) is 0 Å². The number of sulfone groups is 1. The fourth-order valence-corrected chi connectivity index (χ4v) is 4.21. The Kier molecular flexibility index (Phi) is 5.12. The van der Waals surface area contributed by atoms with Crippen molar-refractivity contribution in [3.63, 3.8) is 0 Å². The molecule has 3 aromatic carbocycles. The number of benzene rings is 3. The van der Waals surface area contributed by atoms with Crippen molar-refractivity contribution in [3.8, 4) is 28.3 Å². The zero-order valence-electron chi connectivity index (χ0n) is 17.6. The Labute approximate surface area is 182 Å². The van der Waals surface area contributed by atoms with Crippen molar-refractivity contribution in [1.29, 1.82) is 5.26 Å². The Morgan fingerprint density at radius 3 is 2.29 bits per heavy atom. The maximum atomic E-state index is 12.5. The van der Waals surface area contributed by atoms with E-state index in [-0.39, 0.29) is 0 Å². The monoisotopic (exact) mass is 426 g/mol. The van der Waals surface area contributed by atoms with E-state index in [1.165, 1.54) is 6.26 Å². The van der Waals surface area contributed by atoms with Gasteiger partial charge in [0, 0.05) is 23.4 Å². The maximum Gasteiger partial charge on any atom is 0.156 e. The van der Waals surface area contributed by atoms with E-state index in [1.54, 1.807) is 26.1 Å². The minimum Gasteiger partial charge on any atom is -0.256 e. The van der Waals surface area contributed by atoms with Gasteiger partial charge >= 0.3 is 0 Å². The summed E-state index contributed by atoms with van der Waals surface area (Å²) in [6, 6.07) is 25.3. The summed E-state index contributed by atoms with van der Waals surface area (Å²) in [5, 5.41) is 10.4. The Bertz CT molecular complexity index is 1450. The van der Waals surface area contributed by atoms with E-state index >= 15 is 0 Å². The van der Waals surface area contributed by atoms with E-state index in [0.717, 1.165) is 33.2 Å². The molecule has 154 valence electrons. The molecule has 4 nitrogen and oxygen atoms in total. The van der Waals surface area contributed by atoms with Gasteiger partial charge in [0.25, 0.3) is 0 Å². The first kappa shape index (κ1) is 20.8. The largest absolute Gasteiger partial charge is 0.256 e. The quantitative estimate of drug-likeness (QED) is 0.418. The van der Waals surface area contributed by atoms with E-state index < -0.39 is 14.6 Å². The molecule has 0 N–H and O–H groups in total. The molecule has 4 rings (SSSR count). The summed E-state index contributed by atoms with van der Waals surface area (Å²) in [5.74, 6) is 0. The SMILES string of the molecule is CC(C)(c1cc(-c2cccc(-c3ccccc3C#N)c2)c2ncccc2c1)S(C)(=O)=O. The molecule has 0 fully saturated rings. The van der Waals surface area contributed by atoms with E-state index in [0.29, 0.717) is 11.1 Å². The number of rotatable bonds is 4. The van der Waals surface area contributed by atoms with Crippen LogP contribution in [0.2, 0.25) is 0 Å². The van der Waals surface area contributed by atoms with Crippen LogP contribution < -0.4 is 0 Å². The number of aromatic nitrogens is 1. The summed E-state index contributed by atoms with van der Waals surface area (Å²) in [7, 11) is -3.34. The summed E-state index contributed by atoms with van der Waals surface area (Å²) in [6.07, 6.45) is 3.00. The first-order valence-electron chi connectivity index (χ1n) is 9.91. The summed E-state index contributed by atoms with van der Waals surface area (Å²) >= 11 is 0. The summed E-state index contributed by atoms with van der Waals surface area (Å²) in [4.78, 5) is 4.58. The van der Waals surface area contributed by atoms with E-state index in [4.69, 9.17) is 0 Å². The van der Waals surface area contributed by atoms with Crippen molar-refractivity contribution >= 4 is 20.7 Å². The molecule has 0 aliphatic carbocycles. The molecule has 0 aliphatic heterocycles. The lowest BCUT2D eigenvalue weighted by Crippen LogP contribution is -2.28. The highest BCUT2D eigenvalue weighted by molar-refractivity contribution is 7.91. The topological polar surface area (TPSA) is 70.8 Å². The highest BCUT2D eigenvalue weighted by Crippen LogP contribution is 2.37. The van der Waals surface area contributed by atoms with Gasteiger partial charge in [-0.15, -0.1) is 0 Å². The first-order valence-corrected chi connectivity index (χ1v) is 11.8. The van der Waals surface area contributed by atoms with Gasteiger partial charge in [0.1, 0.15) is 0 Å². The van der Waals surface area contributed by atoms with Crippen LogP contribution in [0.25, 0.3) is 33.2 Å². The molecule has 0 radical (unpaired) electrons. The number of hydrogen-bond donors (Lipinski definition) is 0. The lowest BCUT2D eigenvalue weighted by molar-refractivity contribution is 0.561. The second kappa shape index (κ2) is 7.64. The molecule has 0 unspecified atom stereocenters. The summed E-state index contributed by atoms with van der Waals surface area (Å²) in [5.41, 5.74) is 5.69. The van der Waals surface area contributed by atoms with E-state index in [2.05, 4.69) is 11.1 Å². The fraction of sp³-hybridized carbons (Fsp3) is 0.154. The molecule has 4 aromatic rings. The molecular weight excluding hydrogens is 404 g/mol.